The van der Waals surface area contributed by atoms with Crippen LogP contribution < -0.4 is 15.1 Å². The van der Waals surface area contributed by atoms with Gasteiger partial charge in [0, 0.05) is 11.5 Å². The topological polar surface area (TPSA) is 139 Å². The van der Waals surface area contributed by atoms with E-state index in [1.165, 1.54) is 25.3 Å². The summed E-state index contributed by atoms with van der Waals surface area (Å²) in [7, 11) is 1.37. The van der Waals surface area contributed by atoms with Gasteiger partial charge in [0.25, 0.3) is 0 Å². The van der Waals surface area contributed by atoms with E-state index in [0.717, 1.165) is 0 Å². The number of hydrogen-bond donors (Lipinski definition) is 4. The van der Waals surface area contributed by atoms with Gasteiger partial charge in [-0.2, -0.15) is 4.39 Å². The highest BCUT2D eigenvalue weighted by Gasteiger charge is 2.45. The lowest BCUT2D eigenvalue weighted by atomic mass is 9.99. The molecule has 0 radical (unpaired) electrons. The van der Waals surface area contributed by atoms with Crippen molar-refractivity contribution in [2.24, 2.45) is 0 Å². The fraction of sp³-hybridized carbons (Fsp3) is 0.350. The summed E-state index contributed by atoms with van der Waals surface area (Å²) in [5.41, 5.74) is -1.65. The average molecular weight is 440 g/mol. The Morgan fingerprint density at radius 2 is 1.81 bits per heavy atom. The molecular weight excluding hydrogens is 422 g/mol. The third-order valence-electron chi connectivity index (χ3n) is 5.14. The second-order valence-electron chi connectivity index (χ2n) is 6.99. The zero-order valence-electron chi connectivity index (χ0n) is 16.0. The molecule has 1 saturated heterocycles. The molecule has 166 valence electrons. The van der Waals surface area contributed by atoms with Crippen LogP contribution in [-0.2, 0) is 4.74 Å². The third-order valence-corrected chi connectivity index (χ3v) is 5.14. The minimum absolute atomic E-state index is 0.00852. The average Bonchev–Trinajstić information content (AvgIpc) is 2.76. The summed E-state index contributed by atoms with van der Waals surface area (Å²) < 4.78 is 50.5. The van der Waals surface area contributed by atoms with Crippen LogP contribution in [0.5, 0.6) is 11.5 Å². The van der Waals surface area contributed by atoms with Crippen molar-refractivity contribution < 1.29 is 47.8 Å². The van der Waals surface area contributed by atoms with Gasteiger partial charge in [-0.1, -0.05) is 0 Å². The van der Waals surface area contributed by atoms with Crippen LogP contribution in [0.15, 0.2) is 33.5 Å². The van der Waals surface area contributed by atoms with Gasteiger partial charge >= 0.3 is 5.63 Å². The normalized spacial score (nSPS) is 26.4. The van der Waals surface area contributed by atoms with Gasteiger partial charge in [0.15, 0.2) is 11.3 Å². The lowest BCUT2D eigenvalue weighted by Gasteiger charge is -2.39. The van der Waals surface area contributed by atoms with Crippen molar-refractivity contribution in [1.82, 2.24) is 0 Å². The van der Waals surface area contributed by atoms with Crippen molar-refractivity contribution in [2.45, 2.75) is 30.7 Å². The van der Waals surface area contributed by atoms with Crippen LogP contribution in [0.2, 0.25) is 0 Å². The molecule has 5 atom stereocenters. The van der Waals surface area contributed by atoms with E-state index in [0.29, 0.717) is 11.8 Å². The van der Waals surface area contributed by atoms with E-state index in [-0.39, 0.29) is 16.2 Å². The first kappa shape index (κ1) is 21.4. The molecule has 4 rings (SSSR count). The molecular formula is C20H18F2O9. The van der Waals surface area contributed by atoms with Crippen LogP contribution in [0.1, 0.15) is 0 Å². The van der Waals surface area contributed by atoms with Crippen LogP contribution in [0.25, 0.3) is 21.7 Å². The highest BCUT2D eigenvalue weighted by atomic mass is 19.1. The zero-order valence-corrected chi connectivity index (χ0v) is 16.0. The molecule has 0 amide bonds. The van der Waals surface area contributed by atoms with E-state index in [1.807, 2.05) is 0 Å². The molecule has 0 unspecified atom stereocenters. The summed E-state index contributed by atoms with van der Waals surface area (Å²) in [4.78, 5) is 12.3. The first-order valence-electron chi connectivity index (χ1n) is 9.16. The molecule has 2 heterocycles. The second kappa shape index (κ2) is 8.02. The number of halogens is 2. The van der Waals surface area contributed by atoms with E-state index < -0.39 is 65.9 Å². The Bertz CT molecular complexity index is 1190. The second-order valence-corrected chi connectivity index (χ2v) is 6.99. The molecule has 4 N–H and O–H groups in total. The SMILES string of the molecule is COc1ccc2c(=O)oc3c(F)c(O[C@@H]4O[C@H](CO)[C@@H](O)[C@H](O)[C@H]4O)cc(F)c3c2c1. The Hall–Kier alpha value is -2.83. The van der Waals surface area contributed by atoms with Crippen molar-refractivity contribution in [3.63, 3.8) is 0 Å². The Labute approximate surface area is 172 Å². The fourth-order valence-electron chi connectivity index (χ4n) is 3.49. The molecule has 0 spiro atoms. The van der Waals surface area contributed by atoms with Crippen molar-refractivity contribution in [1.29, 1.82) is 0 Å². The maximum absolute atomic E-state index is 15.1. The molecule has 0 aliphatic carbocycles. The van der Waals surface area contributed by atoms with Crippen molar-refractivity contribution in [2.75, 3.05) is 13.7 Å². The standard InChI is InChI=1S/C20H18F2O9/c1-28-7-2-3-8-9(4-7)13-10(21)5-11(14(22)18(13)31-19(8)27)29-20-17(26)16(25)15(24)12(6-23)30-20/h2-5,12,15-17,20,23-26H,6H2,1H3/t12-,15-,16+,17-,20-/m1/s1. The fourth-order valence-corrected chi connectivity index (χ4v) is 3.49. The molecule has 1 fully saturated rings. The molecule has 31 heavy (non-hydrogen) atoms. The Balaban J connectivity index is 1.83. The number of rotatable bonds is 4. The van der Waals surface area contributed by atoms with E-state index in [2.05, 4.69) is 0 Å². The number of methoxy groups -OCH3 is 1. The molecule has 1 aromatic heterocycles. The third kappa shape index (κ3) is 3.50. The highest BCUT2D eigenvalue weighted by Crippen LogP contribution is 2.35. The van der Waals surface area contributed by atoms with Gasteiger partial charge in [0.1, 0.15) is 36.0 Å². The van der Waals surface area contributed by atoms with Gasteiger partial charge in [-0.15, -0.1) is 0 Å². The summed E-state index contributed by atoms with van der Waals surface area (Å²) in [5.74, 6) is -2.73. The monoisotopic (exact) mass is 440 g/mol. The summed E-state index contributed by atoms with van der Waals surface area (Å²) in [5, 5.41) is 38.7. The highest BCUT2D eigenvalue weighted by molar-refractivity contribution is 6.05. The summed E-state index contributed by atoms with van der Waals surface area (Å²) in [6.07, 6.45) is -8.35. The number of hydrogen-bond acceptors (Lipinski definition) is 9. The van der Waals surface area contributed by atoms with E-state index in [9.17, 15) is 29.6 Å². The molecule has 3 aromatic rings. The molecule has 9 nitrogen and oxygen atoms in total. The smallest absolute Gasteiger partial charge is 0.344 e. The maximum atomic E-state index is 15.1. The van der Waals surface area contributed by atoms with Crippen LogP contribution in [0.4, 0.5) is 8.78 Å². The molecule has 1 aliphatic heterocycles. The minimum Gasteiger partial charge on any atom is -0.497 e. The Kier molecular flexibility index (Phi) is 5.54. The predicted molar refractivity (Wildman–Crippen MR) is 101 cm³/mol. The van der Waals surface area contributed by atoms with Crippen molar-refractivity contribution in [3.8, 4) is 11.5 Å². The quantitative estimate of drug-likeness (QED) is 0.336. The lowest BCUT2D eigenvalue weighted by Crippen LogP contribution is -2.60. The van der Waals surface area contributed by atoms with E-state index in [4.69, 9.17) is 18.6 Å². The van der Waals surface area contributed by atoms with Crippen LogP contribution in [-0.4, -0.2) is 64.8 Å². The summed E-state index contributed by atoms with van der Waals surface area (Å²) in [6, 6.07) is 4.85. The lowest BCUT2D eigenvalue weighted by molar-refractivity contribution is -0.277. The van der Waals surface area contributed by atoms with Gasteiger partial charge in [-0.05, 0) is 18.2 Å². The van der Waals surface area contributed by atoms with E-state index >= 15 is 4.39 Å². The van der Waals surface area contributed by atoms with Crippen LogP contribution in [0, 0.1) is 11.6 Å². The van der Waals surface area contributed by atoms with Gasteiger partial charge in [0.2, 0.25) is 12.1 Å². The zero-order chi connectivity index (χ0) is 22.4. The first-order chi connectivity index (χ1) is 14.8. The Morgan fingerprint density at radius 3 is 2.48 bits per heavy atom. The number of fused-ring (bicyclic) bond motifs is 3. The number of aliphatic hydroxyl groups excluding tert-OH is 4. The van der Waals surface area contributed by atoms with Crippen molar-refractivity contribution in [3.05, 3.63) is 46.3 Å². The van der Waals surface area contributed by atoms with Crippen LogP contribution >= 0.6 is 0 Å². The predicted octanol–water partition coefficient (Wildman–Crippen LogP) is 0.412. The summed E-state index contributed by atoms with van der Waals surface area (Å²) in [6.45, 7) is -0.734. The van der Waals surface area contributed by atoms with Crippen LogP contribution in [0.3, 0.4) is 0 Å². The number of ether oxygens (including phenoxy) is 3. The minimum atomic E-state index is -1.84. The number of aliphatic hydroxyl groups is 4. The molecule has 11 heteroatoms. The summed E-state index contributed by atoms with van der Waals surface area (Å²) >= 11 is 0. The molecule has 2 aromatic carbocycles. The first-order valence-corrected chi connectivity index (χ1v) is 9.16. The van der Waals surface area contributed by atoms with Gasteiger partial charge in [0.05, 0.1) is 24.5 Å². The maximum Gasteiger partial charge on any atom is 0.344 e. The van der Waals surface area contributed by atoms with Crippen molar-refractivity contribution >= 4 is 21.7 Å². The van der Waals surface area contributed by atoms with E-state index in [1.54, 1.807) is 0 Å². The van der Waals surface area contributed by atoms with Gasteiger partial charge in [-0.3, -0.25) is 0 Å². The molecule has 0 saturated carbocycles. The number of benzene rings is 2. The largest absolute Gasteiger partial charge is 0.497 e. The molecule has 0 bridgehead atoms. The van der Waals surface area contributed by atoms with Gasteiger partial charge in [-0.25, -0.2) is 9.18 Å². The Morgan fingerprint density at radius 1 is 1.06 bits per heavy atom. The molecule has 1 aliphatic rings. The van der Waals surface area contributed by atoms with Gasteiger partial charge < -0.3 is 39.1 Å².